The summed E-state index contributed by atoms with van der Waals surface area (Å²) in [5.41, 5.74) is 2.09. The van der Waals surface area contributed by atoms with E-state index in [1.54, 1.807) is 6.33 Å². The van der Waals surface area contributed by atoms with Crippen molar-refractivity contribution in [3.05, 3.63) is 48.4 Å². The standard InChI is InChI=1S/C20H27N5/c1-2-3-4-5-9-14-25-15-18-19(22-16-23-20(18)24-25)21-13-12-17-10-7-6-8-11-17/h6-8,10-11,15-16H,2-5,9,12-14H2,1H3,(H,21,22,23,24). The van der Waals surface area contributed by atoms with Gasteiger partial charge in [0.15, 0.2) is 5.65 Å². The van der Waals surface area contributed by atoms with Crippen LogP contribution in [0.3, 0.4) is 0 Å². The first kappa shape index (κ1) is 17.4. The zero-order valence-corrected chi connectivity index (χ0v) is 15.0. The Morgan fingerprint density at radius 2 is 1.84 bits per heavy atom. The van der Waals surface area contributed by atoms with Crippen LogP contribution in [0.5, 0.6) is 0 Å². The lowest BCUT2D eigenvalue weighted by molar-refractivity contribution is 0.535. The van der Waals surface area contributed by atoms with Crippen molar-refractivity contribution in [1.82, 2.24) is 19.7 Å². The number of anilines is 1. The average Bonchev–Trinajstić information content (AvgIpc) is 3.06. The van der Waals surface area contributed by atoms with Gasteiger partial charge >= 0.3 is 0 Å². The van der Waals surface area contributed by atoms with Gasteiger partial charge in [-0.2, -0.15) is 5.10 Å². The molecule has 0 bridgehead atoms. The van der Waals surface area contributed by atoms with E-state index in [1.165, 1.54) is 31.2 Å². The summed E-state index contributed by atoms with van der Waals surface area (Å²) in [6.07, 6.45) is 11.0. The van der Waals surface area contributed by atoms with Crippen LogP contribution in [0.2, 0.25) is 0 Å². The first-order chi connectivity index (χ1) is 12.4. The largest absolute Gasteiger partial charge is 0.369 e. The van der Waals surface area contributed by atoms with E-state index in [-0.39, 0.29) is 0 Å². The van der Waals surface area contributed by atoms with Crippen LogP contribution in [0.25, 0.3) is 11.0 Å². The molecule has 0 unspecified atom stereocenters. The van der Waals surface area contributed by atoms with Gasteiger partial charge in [-0.15, -0.1) is 0 Å². The molecular weight excluding hydrogens is 310 g/mol. The number of hydrogen-bond acceptors (Lipinski definition) is 4. The second-order valence-electron chi connectivity index (χ2n) is 6.43. The second-order valence-corrected chi connectivity index (χ2v) is 6.43. The number of rotatable bonds is 10. The highest BCUT2D eigenvalue weighted by atomic mass is 15.3. The molecular formula is C20H27N5. The smallest absolute Gasteiger partial charge is 0.186 e. The van der Waals surface area contributed by atoms with Crippen molar-refractivity contribution < 1.29 is 0 Å². The van der Waals surface area contributed by atoms with Gasteiger partial charge in [0, 0.05) is 19.3 Å². The molecule has 132 valence electrons. The fourth-order valence-corrected chi connectivity index (χ4v) is 2.99. The summed E-state index contributed by atoms with van der Waals surface area (Å²) >= 11 is 0. The maximum absolute atomic E-state index is 4.58. The Kier molecular flexibility index (Phi) is 6.37. The molecule has 5 heteroatoms. The predicted molar refractivity (Wildman–Crippen MR) is 103 cm³/mol. The molecule has 0 radical (unpaired) electrons. The van der Waals surface area contributed by atoms with Gasteiger partial charge in [0.05, 0.1) is 5.39 Å². The Morgan fingerprint density at radius 3 is 2.68 bits per heavy atom. The van der Waals surface area contributed by atoms with E-state index in [9.17, 15) is 0 Å². The molecule has 0 saturated carbocycles. The maximum atomic E-state index is 4.58. The molecule has 3 rings (SSSR count). The van der Waals surface area contributed by atoms with Crippen molar-refractivity contribution in [3.63, 3.8) is 0 Å². The maximum Gasteiger partial charge on any atom is 0.186 e. The van der Waals surface area contributed by atoms with E-state index in [2.05, 4.69) is 57.8 Å². The van der Waals surface area contributed by atoms with E-state index in [0.29, 0.717) is 0 Å². The molecule has 0 aliphatic heterocycles. The van der Waals surface area contributed by atoms with Gasteiger partial charge in [0.25, 0.3) is 0 Å². The third kappa shape index (κ3) is 5.02. The molecule has 25 heavy (non-hydrogen) atoms. The summed E-state index contributed by atoms with van der Waals surface area (Å²) < 4.78 is 2.01. The Bertz CT molecular complexity index is 766. The summed E-state index contributed by atoms with van der Waals surface area (Å²) in [4.78, 5) is 8.70. The normalized spacial score (nSPS) is 11.1. The summed E-state index contributed by atoms with van der Waals surface area (Å²) in [7, 11) is 0. The molecule has 0 amide bonds. The van der Waals surface area contributed by atoms with Crippen LogP contribution in [0.15, 0.2) is 42.9 Å². The Morgan fingerprint density at radius 1 is 1.00 bits per heavy atom. The molecule has 0 saturated heterocycles. The fourth-order valence-electron chi connectivity index (χ4n) is 2.99. The molecule has 0 aliphatic carbocycles. The molecule has 0 atom stereocenters. The lowest BCUT2D eigenvalue weighted by atomic mass is 10.1. The van der Waals surface area contributed by atoms with Crippen LogP contribution in [0.4, 0.5) is 5.82 Å². The van der Waals surface area contributed by atoms with Crippen LogP contribution in [0, 0.1) is 0 Å². The summed E-state index contributed by atoms with van der Waals surface area (Å²) in [5, 5.41) is 9.02. The second kappa shape index (κ2) is 9.16. The molecule has 3 aromatic rings. The molecule has 5 nitrogen and oxygen atoms in total. The molecule has 1 aromatic carbocycles. The van der Waals surface area contributed by atoms with Crippen LogP contribution < -0.4 is 5.32 Å². The third-order valence-electron chi connectivity index (χ3n) is 4.40. The molecule has 0 fully saturated rings. The van der Waals surface area contributed by atoms with Crippen LogP contribution >= 0.6 is 0 Å². The monoisotopic (exact) mass is 337 g/mol. The van der Waals surface area contributed by atoms with Crippen molar-refractivity contribution in [3.8, 4) is 0 Å². The van der Waals surface area contributed by atoms with E-state index in [4.69, 9.17) is 0 Å². The number of nitrogens with zero attached hydrogens (tertiary/aromatic N) is 4. The minimum absolute atomic E-state index is 0.769. The highest BCUT2D eigenvalue weighted by Crippen LogP contribution is 2.18. The van der Waals surface area contributed by atoms with Crippen LogP contribution in [-0.2, 0) is 13.0 Å². The Hall–Kier alpha value is -2.43. The van der Waals surface area contributed by atoms with E-state index in [0.717, 1.165) is 42.8 Å². The average molecular weight is 337 g/mol. The number of aryl methyl sites for hydroxylation is 1. The van der Waals surface area contributed by atoms with Crippen molar-refractivity contribution in [1.29, 1.82) is 0 Å². The Labute approximate surface area is 149 Å². The SMILES string of the molecule is CCCCCCCn1cc2c(NCCc3ccccc3)ncnc2n1. The number of nitrogens with one attached hydrogen (secondary N) is 1. The van der Waals surface area contributed by atoms with E-state index >= 15 is 0 Å². The fraction of sp³-hybridized carbons (Fsp3) is 0.450. The van der Waals surface area contributed by atoms with Gasteiger partial charge < -0.3 is 5.32 Å². The number of fused-ring (bicyclic) bond motifs is 1. The van der Waals surface area contributed by atoms with Crippen LogP contribution in [-0.4, -0.2) is 26.3 Å². The van der Waals surface area contributed by atoms with Gasteiger partial charge in [0.1, 0.15) is 12.1 Å². The zero-order valence-electron chi connectivity index (χ0n) is 15.0. The van der Waals surface area contributed by atoms with Crippen molar-refractivity contribution >= 4 is 16.9 Å². The van der Waals surface area contributed by atoms with Gasteiger partial charge in [-0.3, -0.25) is 4.68 Å². The van der Waals surface area contributed by atoms with Gasteiger partial charge in [0.2, 0.25) is 0 Å². The quantitative estimate of drug-likeness (QED) is 0.555. The topological polar surface area (TPSA) is 55.6 Å². The molecule has 2 aromatic heterocycles. The van der Waals surface area contributed by atoms with Crippen molar-refractivity contribution in [2.75, 3.05) is 11.9 Å². The van der Waals surface area contributed by atoms with Gasteiger partial charge in [-0.05, 0) is 18.4 Å². The van der Waals surface area contributed by atoms with Crippen molar-refractivity contribution in [2.24, 2.45) is 0 Å². The number of unbranched alkanes of at least 4 members (excludes halogenated alkanes) is 4. The van der Waals surface area contributed by atoms with Gasteiger partial charge in [-0.25, -0.2) is 9.97 Å². The number of aromatic nitrogens is 4. The Balaban J connectivity index is 1.57. The lowest BCUT2D eigenvalue weighted by Crippen LogP contribution is -2.06. The molecule has 0 spiro atoms. The molecule has 1 N–H and O–H groups in total. The van der Waals surface area contributed by atoms with Crippen LogP contribution in [0.1, 0.15) is 44.6 Å². The minimum Gasteiger partial charge on any atom is -0.369 e. The first-order valence-electron chi connectivity index (χ1n) is 9.33. The summed E-state index contributed by atoms with van der Waals surface area (Å²) in [5.74, 6) is 0.873. The zero-order chi connectivity index (χ0) is 17.3. The predicted octanol–water partition coefficient (Wildman–Crippen LogP) is 4.45. The number of hydrogen-bond donors (Lipinski definition) is 1. The van der Waals surface area contributed by atoms with Gasteiger partial charge in [-0.1, -0.05) is 62.9 Å². The third-order valence-corrected chi connectivity index (χ3v) is 4.40. The highest BCUT2D eigenvalue weighted by molar-refractivity contribution is 5.85. The molecule has 2 heterocycles. The lowest BCUT2D eigenvalue weighted by Gasteiger charge is -2.05. The minimum atomic E-state index is 0.769. The highest BCUT2D eigenvalue weighted by Gasteiger charge is 2.08. The summed E-state index contributed by atoms with van der Waals surface area (Å²) in [6, 6.07) is 10.5. The van der Waals surface area contributed by atoms with E-state index < -0.39 is 0 Å². The first-order valence-corrected chi connectivity index (χ1v) is 9.33. The van der Waals surface area contributed by atoms with Crippen molar-refractivity contribution in [2.45, 2.75) is 52.0 Å². The van der Waals surface area contributed by atoms with E-state index in [1.807, 2.05) is 10.7 Å². The summed E-state index contributed by atoms with van der Waals surface area (Å²) in [6.45, 7) is 4.03. The molecule has 0 aliphatic rings. The number of benzene rings is 1.